The van der Waals surface area contributed by atoms with Crippen LogP contribution in [-0.4, -0.2) is 71.8 Å². The number of para-hydroxylation sites is 1. The van der Waals surface area contributed by atoms with E-state index in [4.69, 9.17) is 9.47 Å². The molecule has 0 aliphatic carbocycles. The van der Waals surface area contributed by atoms with Gasteiger partial charge in [-0.25, -0.2) is 0 Å². The van der Waals surface area contributed by atoms with Crippen molar-refractivity contribution in [2.75, 3.05) is 31.2 Å². The summed E-state index contributed by atoms with van der Waals surface area (Å²) in [4.78, 5) is 43.6. The fourth-order valence-electron chi connectivity index (χ4n) is 6.09. The molecule has 0 radical (unpaired) electrons. The van der Waals surface area contributed by atoms with E-state index in [9.17, 15) is 19.5 Å². The van der Waals surface area contributed by atoms with Crippen LogP contribution in [0.5, 0.6) is 0 Å². The van der Waals surface area contributed by atoms with Gasteiger partial charge in [-0.1, -0.05) is 24.3 Å². The number of aliphatic hydroxyl groups excluding tert-OH is 1. The van der Waals surface area contributed by atoms with E-state index in [1.165, 1.54) is 4.90 Å². The lowest BCUT2D eigenvalue weighted by molar-refractivity contribution is -0.154. The predicted molar refractivity (Wildman–Crippen MR) is 122 cm³/mol. The largest absolute Gasteiger partial charge is 0.466 e. The molecule has 3 saturated heterocycles. The van der Waals surface area contributed by atoms with Crippen molar-refractivity contribution in [2.24, 2.45) is 11.8 Å². The molecular formula is C25H32N2O6. The Bertz CT molecular complexity index is 957. The lowest BCUT2D eigenvalue weighted by Gasteiger charge is -2.37. The molecule has 3 heterocycles. The van der Waals surface area contributed by atoms with Gasteiger partial charge >= 0.3 is 5.97 Å². The highest BCUT2D eigenvalue weighted by atomic mass is 16.6. The Hall–Kier alpha value is -2.71. The molecule has 1 N–H and O–H groups in total. The first-order chi connectivity index (χ1) is 15.8. The van der Waals surface area contributed by atoms with E-state index < -0.39 is 35.6 Å². The summed E-state index contributed by atoms with van der Waals surface area (Å²) in [6.07, 6.45) is 2.28. The second-order valence-corrected chi connectivity index (χ2v) is 9.04. The zero-order valence-corrected chi connectivity index (χ0v) is 19.5. The molecule has 4 rings (SSSR count). The van der Waals surface area contributed by atoms with Crippen molar-refractivity contribution in [3.63, 3.8) is 0 Å². The fraction of sp³-hybridized carbons (Fsp3) is 0.560. The van der Waals surface area contributed by atoms with E-state index in [0.29, 0.717) is 12.8 Å². The zero-order chi connectivity index (χ0) is 23.9. The first kappa shape index (κ1) is 23.4. The maximum absolute atomic E-state index is 14.2. The number of aryl methyl sites for hydroxylation is 2. The van der Waals surface area contributed by atoms with Crippen molar-refractivity contribution in [2.45, 2.75) is 51.4 Å². The number of carbonyl (C=O) groups is 3. The molecular weight excluding hydrogens is 424 g/mol. The minimum Gasteiger partial charge on any atom is -0.466 e. The van der Waals surface area contributed by atoms with E-state index in [1.807, 2.05) is 32.0 Å². The second-order valence-electron chi connectivity index (χ2n) is 9.04. The van der Waals surface area contributed by atoms with Gasteiger partial charge in [0.2, 0.25) is 5.91 Å². The Morgan fingerprint density at radius 3 is 2.67 bits per heavy atom. The molecule has 3 fully saturated rings. The predicted octanol–water partition coefficient (Wildman–Crippen LogP) is 1.75. The third-order valence-corrected chi connectivity index (χ3v) is 7.22. The van der Waals surface area contributed by atoms with Gasteiger partial charge in [0.05, 0.1) is 31.2 Å². The number of aliphatic hydroxyl groups is 1. The van der Waals surface area contributed by atoms with Crippen LogP contribution in [0, 0.1) is 25.7 Å². The number of likely N-dealkylation sites (tertiary alicyclic amines) is 1. The third-order valence-electron chi connectivity index (χ3n) is 7.22. The van der Waals surface area contributed by atoms with Crippen LogP contribution in [0.2, 0.25) is 0 Å². The minimum absolute atomic E-state index is 0.00819. The van der Waals surface area contributed by atoms with Gasteiger partial charge in [-0.05, 0) is 44.7 Å². The zero-order valence-electron chi connectivity index (χ0n) is 19.5. The number of ether oxygens (including phenoxy) is 2. The molecule has 1 spiro atoms. The van der Waals surface area contributed by atoms with Crippen molar-refractivity contribution in [1.82, 2.24) is 4.90 Å². The fourth-order valence-corrected chi connectivity index (χ4v) is 6.09. The number of β-amino-alcohol motifs (C(OH)–C–C–N with tert-alkyl or cyclic N) is 1. The molecule has 2 bridgehead atoms. The van der Waals surface area contributed by atoms with Crippen molar-refractivity contribution in [3.05, 3.63) is 42.0 Å². The van der Waals surface area contributed by atoms with Gasteiger partial charge in [0.1, 0.15) is 11.6 Å². The van der Waals surface area contributed by atoms with E-state index >= 15 is 0 Å². The number of anilines is 1. The Labute approximate surface area is 194 Å². The summed E-state index contributed by atoms with van der Waals surface area (Å²) >= 11 is 0. The molecule has 178 valence electrons. The van der Waals surface area contributed by atoms with Gasteiger partial charge < -0.3 is 24.4 Å². The Morgan fingerprint density at radius 2 is 2.06 bits per heavy atom. The molecule has 3 aliphatic rings. The van der Waals surface area contributed by atoms with Crippen molar-refractivity contribution in [3.8, 4) is 0 Å². The molecule has 2 unspecified atom stereocenters. The molecule has 5 atom stereocenters. The summed E-state index contributed by atoms with van der Waals surface area (Å²) < 4.78 is 11.6. The SMILES string of the molecule is C=CCN(C(=O)C1N(CCO)C(=O)[C@@H]2[C@@H](C(=O)OCC)[C@H]3CCC12O3)c1c(C)cccc1C. The average Bonchev–Trinajstić information content (AvgIpc) is 3.41. The molecule has 0 saturated carbocycles. The lowest BCUT2D eigenvalue weighted by atomic mass is 9.70. The third kappa shape index (κ3) is 3.47. The van der Waals surface area contributed by atoms with E-state index in [1.54, 1.807) is 17.9 Å². The van der Waals surface area contributed by atoms with Crippen LogP contribution in [0.25, 0.3) is 0 Å². The Balaban J connectivity index is 1.79. The molecule has 1 aromatic rings. The summed E-state index contributed by atoms with van der Waals surface area (Å²) in [6.45, 7) is 9.58. The van der Waals surface area contributed by atoms with E-state index in [0.717, 1.165) is 16.8 Å². The van der Waals surface area contributed by atoms with Crippen LogP contribution in [0.3, 0.4) is 0 Å². The number of hydrogen-bond donors (Lipinski definition) is 1. The summed E-state index contributed by atoms with van der Waals surface area (Å²) in [5.74, 6) is -2.61. The Kier molecular flexibility index (Phi) is 6.33. The Morgan fingerprint density at radius 1 is 1.36 bits per heavy atom. The highest BCUT2D eigenvalue weighted by molar-refractivity contribution is 6.05. The highest BCUT2D eigenvalue weighted by Crippen LogP contribution is 2.58. The lowest BCUT2D eigenvalue weighted by Crippen LogP contribution is -2.57. The first-order valence-electron chi connectivity index (χ1n) is 11.6. The molecule has 33 heavy (non-hydrogen) atoms. The minimum atomic E-state index is -1.11. The molecule has 8 nitrogen and oxygen atoms in total. The van der Waals surface area contributed by atoms with Gasteiger partial charge in [0.15, 0.2) is 0 Å². The smallest absolute Gasteiger partial charge is 0.312 e. The van der Waals surface area contributed by atoms with E-state index in [-0.39, 0.29) is 38.1 Å². The van der Waals surface area contributed by atoms with Crippen LogP contribution in [0.4, 0.5) is 5.69 Å². The van der Waals surface area contributed by atoms with Crippen LogP contribution < -0.4 is 4.90 Å². The summed E-state index contributed by atoms with van der Waals surface area (Å²) in [7, 11) is 0. The molecule has 1 aromatic carbocycles. The number of fused-ring (bicyclic) bond motifs is 1. The normalized spacial score (nSPS) is 29.8. The van der Waals surface area contributed by atoms with Crippen molar-refractivity contribution in [1.29, 1.82) is 0 Å². The van der Waals surface area contributed by atoms with Crippen molar-refractivity contribution < 1.29 is 29.0 Å². The van der Waals surface area contributed by atoms with E-state index in [2.05, 4.69) is 6.58 Å². The number of carbonyl (C=O) groups excluding carboxylic acids is 3. The summed E-state index contributed by atoms with van der Waals surface area (Å²) in [6, 6.07) is 4.87. The maximum Gasteiger partial charge on any atom is 0.312 e. The van der Waals surface area contributed by atoms with Gasteiger partial charge in [-0.2, -0.15) is 0 Å². The quantitative estimate of drug-likeness (QED) is 0.473. The maximum atomic E-state index is 14.2. The molecule has 0 aromatic heterocycles. The van der Waals surface area contributed by atoms with Gasteiger partial charge in [0, 0.05) is 18.8 Å². The number of rotatable bonds is 8. The number of benzene rings is 1. The first-order valence-corrected chi connectivity index (χ1v) is 11.6. The number of hydrogen-bond acceptors (Lipinski definition) is 6. The van der Waals surface area contributed by atoms with Crippen LogP contribution in [0.15, 0.2) is 30.9 Å². The highest BCUT2D eigenvalue weighted by Gasteiger charge is 2.75. The van der Waals surface area contributed by atoms with Gasteiger partial charge in [-0.3, -0.25) is 14.4 Å². The topological polar surface area (TPSA) is 96.4 Å². The van der Waals surface area contributed by atoms with Gasteiger partial charge in [0.25, 0.3) is 5.91 Å². The number of nitrogens with zero attached hydrogens (tertiary/aromatic N) is 2. The standard InChI is InChI=1S/C25H32N2O6/c1-5-12-26(20-15(3)8-7-9-16(20)4)23(30)21-25-11-10-17(33-25)18(24(31)32-6-2)19(25)22(29)27(21)13-14-28/h5,7-9,17-19,21,28H,1,6,10-14H2,2-4H3/t17-,18+,19+,21?,25?/m1/s1. The van der Waals surface area contributed by atoms with Gasteiger partial charge in [-0.15, -0.1) is 6.58 Å². The monoisotopic (exact) mass is 456 g/mol. The number of amides is 2. The molecule has 3 aliphatic heterocycles. The number of esters is 1. The van der Waals surface area contributed by atoms with Crippen molar-refractivity contribution >= 4 is 23.5 Å². The average molecular weight is 457 g/mol. The van der Waals surface area contributed by atoms with Crippen LogP contribution in [0.1, 0.15) is 30.9 Å². The molecule has 2 amide bonds. The van der Waals surface area contributed by atoms with Crippen LogP contribution >= 0.6 is 0 Å². The molecule has 8 heteroatoms. The second kappa shape index (κ2) is 8.91. The van der Waals surface area contributed by atoms with Crippen LogP contribution in [-0.2, 0) is 23.9 Å². The summed E-state index contributed by atoms with van der Waals surface area (Å²) in [5.41, 5.74) is 1.52. The summed E-state index contributed by atoms with van der Waals surface area (Å²) in [5, 5.41) is 9.71.